The maximum Gasteiger partial charge on any atom is 0.330 e. The van der Waals surface area contributed by atoms with Crippen LogP contribution >= 0.6 is 0 Å². The van der Waals surface area contributed by atoms with E-state index in [1.165, 1.54) is 6.08 Å². The summed E-state index contributed by atoms with van der Waals surface area (Å²) in [6.45, 7) is 2.14. The van der Waals surface area contributed by atoms with Crippen LogP contribution in [0.1, 0.15) is 12.5 Å². The molecule has 2 rings (SSSR count). The second-order valence-electron chi connectivity index (χ2n) is 4.81. The van der Waals surface area contributed by atoms with Crippen molar-refractivity contribution in [2.24, 2.45) is 0 Å². The molecule has 0 aliphatic rings. The Morgan fingerprint density at radius 2 is 1.65 bits per heavy atom. The number of methoxy groups -OCH3 is 2. The second-order valence-corrected chi connectivity index (χ2v) is 4.81. The van der Waals surface area contributed by atoms with Crippen LogP contribution in [-0.4, -0.2) is 26.8 Å². The average Bonchev–Trinajstić information content (AvgIpc) is 2.60. The Kier molecular flexibility index (Phi) is 5.80. The van der Waals surface area contributed by atoms with Gasteiger partial charge in [0.05, 0.1) is 20.8 Å². The van der Waals surface area contributed by atoms with Crippen LogP contribution in [0.2, 0.25) is 0 Å². The summed E-state index contributed by atoms with van der Waals surface area (Å²) in [6.07, 6.45) is 3.13. The molecule has 0 heterocycles. The number of carbonyl (C=O) groups is 1. The van der Waals surface area contributed by atoms with Gasteiger partial charge in [0.15, 0.2) is 0 Å². The van der Waals surface area contributed by atoms with Gasteiger partial charge in [-0.15, -0.1) is 0 Å². The third kappa shape index (κ3) is 4.61. The van der Waals surface area contributed by atoms with Gasteiger partial charge < -0.3 is 14.2 Å². The van der Waals surface area contributed by atoms with Crippen molar-refractivity contribution < 1.29 is 19.0 Å². The Bertz CT molecular complexity index is 687. The molecule has 0 N–H and O–H groups in total. The van der Waals surface area contributed by atoms with Gasteiger partial charge in [-0.1, -0.05) is 12.1 Å². The molecule has 4 nitrogen and oxygen atoms in total. The van der Waals surface area contributed by atoms with Crippen LogP contribution in [-0.2, 0) is 9.53 Å². The zero-order valence-electron chi connectivity index (χ0n) is 13.5. The van der Waals surface area contributed by atoms with E-state index in [0.717, 1.165) is 28.2 Å². The topological polar surface area (TPSA) is 44.8 Å². The van der Waals surface area contributed by atoms with Crippen molar-refractivity contribution in [2.45, 2.75) is 6.92 Å². The first-order valence-electron chi connectivity index (χ1n) is 7.34. The third-order valence-electron chi connectivity index (χ3n) is 3.29. The molecule has 0 radical (unpaired) electrons. The predicted octanol–water partition coefficient (Wildman–Crippen LogP) is 3.95. The molecule has 0 aliphatic heterocycles. The molecule has 0 amide bonds. The smallest absolute Gasteiger partial charge is 0.330 e. The van der Waals surface area contributed by atoms with Crippen molar-refractivity contribution in [1.29, 1.82) is 0 Å². The van der Waals surface area contributed by atoms with Crippen molar-refractivity contribution in [3.63, 3.8) is 0 Å². The summed E-state index contributed by atoms with van der Waals surface area (Å²) in [5, 5.41) is 0. The van der Waals surface area contributed by atoms with Crippen LogP contribution in [0.5, 0.6) is 11.5 Å². The Labute approximate surface area is 136 Å². The highest BCUT2D eigenvalue weighted by Gasteiger charge is 2.04. The number of carbonyl (C=O) groups excluding carboxylic acids is 1. The van der Waals surface area contributed by atoms with Crippen LogP contribution in [0.15, 0.2) is 48.5 Å². The fourth-order valence-corrected chi connectivity index (χ4v) is 2.14. The van der Waals surface area contributed by atoms with Gasteiger partial charge in [-0.25, -0.2) is 4.79 Å². The first kappa shape index (κ1) is 16.6. The summed E-state index contributed by atoms with van der Waals surface area (Å²) < 4.78 is 15.4. The summed E-state index contributed by atoms with van der Waals surface area (Å²) >= 11 is 0. The quantitative estimate of drug-likeness (QED) is 0.598. The molecule has 120 valence electrons. The molecule has 0 saturated heterocycles. The van der Waals surface area contributed by atoms with Gasteiger partial charge in [-0.05, 0) is 60.0 Å². The molecular weight excluding hydrogens is 292 g/mol. The molecule has 0 aliphatic carbocycles. The third-order valence-corrected chi connectivity index (χ3v) is 3.29. The maximum atomic E-state index is 11.4. The normalized spacial score (nSPS) is 10.6. The molecule has 0 unspecified atom stereocenters. The van der Waals surface area contributed by atoms with Crippen molar-refractivity contribution >= 4 is 12.0 Å². The first-order valence-corrected chi connectivity index (χ1v) is 7.34. The van der Waals surface area contributed by atoms with Crippen molar-refractivity contribution in [1.82, 2.24) is 0 Å². The lowest BCUT2D eigenvalue weighted by atomic mass is 10.0. The van der Waals surface area contributed by atoms with Crippen LogP contribution in [0.25, 0.3) is 17.2 Å². The lowest BCUT2D eigenvalue weighted by molar-refractivity contribution is -0.137. The molecule has 0 spiro atoms. The molecule has 0 saturated carbocycles. The van der Waals surface area contributed by atoms with E-state index in [1.807, 2.05) is 42.5 Å². The van der Waals surface area contributed by atoms with Crippen LogP contribution < -0.4 is 9.47 Å². The van der Waals surface area contributed by atoms with Crippen molar-refractivity contribution in [3.8, 4) is 22.6 Å². The number of esters is 1. The second kappa shape index (κ2) is 8.03. The molecule has 0 bridgehead atoms. The van der Waals surface area contributed by atoms with E-state index in [0.29, 0.717) is 6.61 Å². The molecular formula is C19H20O4. The fraction of sp³-hybridized carbons (Fsp3) is 0.211. The van der Waals surface area contributed by atoms with Gasteiger partial charge in [0.1, 0.15) is 11.5 Å². The van der Waals surface area contributed by atoms with Gasteiger partial charge in [0.25, 0.3) is 0 Å². The van der Waals surface area contributed by atoms with Gasteiger partial charge >= 0.3 is 5.97 Å². The number of hydrogen-bond acceptors (Lipinski definition) is 4. The van der Waals surface area contributed by atoms with E-state index < -0.39 is 0 Å². The van der Waals surface area contributed by atoms with Gasteiger partial charge in [-0.3, -0.25) is 0 Å². The maximum absolute atomic E-state index is 11.4. The van der Waals surface area contributed by atoms with Crippen molar-refractivity contribution in [3.05, 3.63) is 54.1 Å². The molecule has 2 aromatic rings. The molecule has 0 aromatic heterocycles. The summed E-state index contributed by atoms with van der Waals surface area (Å²) in [6, 6.07) is 13.6. The molecule has 2 aromatic carbocycles. The van der Waals surface area contributed by atoms with Crippen LogP contribution in [0.4, 0.5) is 0 Å². The van der Waals surface area contributed by atoms with E-state index in [1.54, 1.807) is 27.2 Å². The van der Waals surface area contributed by atoms with Crippen LogP contribution in [0, 0.1) is 0 Å². The highest BCUT2D eigenvalue weighted by atomic mass is 16.5. The molecule has 0 fully saturated rings. The zero-order chi connectivity index (χ0) is 16.7. The Hall–Kier alpha value is -2.75. The van der Waals surface area contributed by atoms with Gasteiger partial charge in [-0.2, -0.15) is 0 Å². The molecule has 4 heteroatoms. The first-order chi connectivity index (χ1) is 11.2. The molecule has 0 atom stereocenters. The Balaban J connectivity index is 2.32. The standard InChI is InChI=1S/C19H20O4/c1-4-23-19(20)10-5-14-11-16(13-18(12-14)22-3)15-6-8-17(21-2)9-7-15/h5-13H,4H2,1-3H3/b10-5+. The monoisotopic (exact) mass is 312 g/mol. The summed E-state index contributed by atoms with van der Waals surface area (Å²) in [4.78, 5) is 11.4. The number of hydrogen-bond donors (Lipinski definition) is 0. The van der Waals surface area contributed by atoms with E-state index in [-0.39, 0.29) is 5.97 Å². The highest BCUT2D eigenvalue weighted by molar-refractivity contribution is 5.87. The molecule has 23 heavy (non-hydrogen) atoms. The number of benzene rings is 2. The lowest BCUT2D eigenvalue weighted by Crippen LogP contribution is -1.98. The Morgan fingerprint density at radius 1 is 0.957 bits per heavy atom. The number of rotatable bonds is 6. The Morgan fingerprint density at radius 3 is 2.26 bits per heavy atom. The lowest BCUT2D eigenvalue weighted by Gasteiger charge is -2.08. The van der Waals surface area contributed by atoms with Gasteiger partial charge in [0, 0.05) is 6.08 Å². The van der Waals surface area contributed by atoms with E-state index >= 15 is 0 Å². The van der Waals surface area contributed by atoms with E-state index in [2.05, 4.69) is 0 Å². The fourth-order valence-electron chi connectivity index (χ4n) is 2.14. The minimum atomic E-state index is -0.360. The average molecular weight is 312 g/mol. The summed E-state index contributed by atoms with van der Waals surface area (Å²) in [5.74, 6) is 1.17. The van der Waals surface area contributed by atoms with Crippen molar-refractivity contribution in [2.75, 3.05) is 20.8 Å². The zero-order valence-corrected chi connectivity index (χ0v) is 13.5. The van der Waals surface area contributed by atoms with E-state index in [4.69, 9.17) is 14.2 Å². The summed E-state index contributed by atoms with van der Waals surface area (Å²) in [7, 11) is 3.25. The summed E-state index contributed by atoms with van der Waals surface area (Å²) in [5.41, 5.74) is 2.90. The predicted molar refractivity (Wildman–Crippen MR) is 90.6 cm³/mol. The minimum Gasteiger partial charge on any atom is -0.497 e. The minimum absolute atomic E-state index is 0.360. The van der Waals surface area contributed by atoms with Crippen LogP contribution in [0.3, 0.4) is 0 Å². The van der Waals surface area contributed by atoms with Gasteiger partial charge in [0.2, 0.25) is 0 Å². The SMILES string of the molecule is CCOC(=O)/C=C/c1cc(OC)cc(-c2ccc(OC)cc2)c1. The number of ether oxygens (including phenoxy) is 3. The van der Waals surface area contributed by atoms with E-state index in [9.17, 15) is 4.79 Å². The largest absolute Gasteiger partial charge is 0.497 e. The highest BCUT2D eigenvalue weighted by Crippen LogP contribution is 2.28.